The van der Waals surface area contributed by atoms with Crippen LogP contribution in [0.4, 0.5) is 0 Å². The maximum absolute atomic E-state index is 11.3. The van der Waals surface area contributed by atoms with Crippen molar-refractivity contribution in [2.24, 2.45) is 0 Å². The van der Waals surface area contributed by atoms with Gasteiger partial charge in [-0.05, 0) is 49.4 Å². The smallest absolute Gasteiger partial charge is 0.231 e. The molecule has 0 spiro atoms. The molecule has 2 aromatic rings. The SMILES string of the molecule is OC1(c2ccc3c(c2)OCO3)CCC(N2CCN(Cc3cccc4c3OCO4)CC2)CC1. The summed E-state index contributed by atoms with van der Waals surface area (Å²) in [6.07, 6.45) is 3.60. The zero-order chi connectivity index (χ0) is 21.5. The maximum Gasteiger partial charge on any atom is 0.231 e. The van der Waals surface area contributed by atoms with E-state index in [0.29, 0.717) is 12.8 Å². The number of hydrogen-bond donors (Lipinski definition) is 1. The van der Waals surface area contributed by atoms with E-state index in [2.05, 4.69) is 15.9 Å². The summed E-state index contributed by atoms with van der Waals surface area (Å²) in [5.74, 6) is 3.28. The van der Waals surface area contributed by atoms with Gasteiger partial charge in [-0.1, -0.05) is 18.2 Å². The quantitative estimate of drug-likeness (QED) is 0.787. The molecule has 1 aliphatic carbocycles. The number of aliphatic hydroxyl groups is 1. The first-order valence-corrected chi connectivity index (χ1v) is 11.6. The maximum atomic E-state index is 11.3. The molecule has 7 heteroatoms. The Morgan fingerprint density at radius 2 is 1.59 bits per heavy atom. The van der Waals surface area contributed by atoms with Gasteiger partial charge in [-0.15, -0.1) is 0 Å². The van der Waals surface area contributed by atoms with Gasteiger partial charge < -0.3 is 24.1 Å². The summed E-state index contributed by atoms with van der Waals surface area (Å²) in [4.78, 5) is 5.12. The fraction of sp³-hybridized carbons (Fsp3) is 0.520. The summed E-state index contributed by atoms with van der Waals surface area (Å²) >= 11 is 0. The Kier molecular flexibility index (Phi) is 5.12. The zero-order valence-corrected chi connectivity index (χ0v) is 18.3. The molecule has 0 bridgehead atoms. The fourth-order valence-corrected chi connectivity index (χ4v) is 5.56. The molecular formula is C25H30N2O5. The lowest BCUT2D eigenvalue weighted by Gasteiger charge is -2.44. The minimum absolute atomic E-state index is 0.263. The van der Waals surface area contributed by atoms with Crippen LogP contribution in [0.3, 0.4) is 0 Å². The Morgan fingerprint density at radius 1 is 0.844 bits per heavy atom. The summed E-state index contributed by atoms with van der Waals surface area (Å²) < 4.78 is 22.1. The molecule has 4 aliphatic rings. The van der Waals surface area contributed by atoms with Crippen molar-refractivity contribution < 1.29 is 24.1 Å². The highest BCUT2D eigenvalue weighted by molar-refractivity contribution is 5.48. The molecule has 0 radical (unpaired) electrons. The van der Waals surface area contributed by atoms with Crippen molar-refractivity contribution in [1.29, 1.82) is 0 Å². The van der Waals surface area contributed by atoms with Gasteiger partial charge in [-0.3, -0.25) is 9.80 Å². The van der Waals surface area contributed by atoms with E-state index in [1.165, 1.54) is 5.56 Å². The van der Waals surface area contributed by atoms with Gasteiger partial charge in [0.15, 0.2) is 23.0 Å². The molecule has 1 saturated heterocycles. The van der Waals surface area contributed by atoms with Crippen molar-refractivity contribution in [1.82, 2.24) is 9.80 Å². The lowest BCUT2D eigenvalue weighted by atomic mass is 9.77. The topological polar surface area (TPSA) is 63.6 Å². The van der Waals surface area contributed by atoms with E-state index in [-0.39, 0.29) is 6.79 Å². The first-order chi connectivity index (χ1) is 15.7. The molecule has 0 amide bonds. The van der Waals surface area contributed by atoms with Crippen molar-refractivity contribution >= 4 is 0 Å². The molecule has 0 aromatic heterocycles. The van der Waals surface area contributed by atoms with Crippen LogP contribution in [0.1, 0.15) is 36.8 Å². The summed E-state index contributed by atoms with van der Waals surface area (Å²) in [5, 5.41) is 11.3. The van der Waals surface area contributed by atoms with Crippen LogP contribution in [0.2, 0.25) is 0 Å². The Balaban J connectivity index is 1.03. The second kappa shape index (κ2) is 8.14. The molecule has 2 fully saturated rings. The Bertz CT molecular complexity index is 980. The molecule has 3 heterocycles. The number of piperazine rings is 1. The van der Waals surface area contributed by atoms with Crippen molar-refractivity contribution in [3.05, 3.63) is 47.5 Å². The van der Waals surface area contributed by atoms with Crippen molar-refractivity contribution in [3.63, 3.8) is 0 Å². The molecule has 170 valence electrons. The molecule has 7 nitrogen and oxygen atoms in total. The molecule has 0 unspecified atom stereocenters. The minimum Gasteiger partial charge on any atom is -0.454 e. The number of hydrogen-bond acceptors (Lipinski definition) is 7. The van der Waals surface area contributed by atoms with Gasteiger partial charge in [0.05, 0.1) is 5.60 Å². The number of para-hydroxylation sites is 1. The van der Waals surface area contributed by atoms with Crippen molar-refractivity contribution in [2.45, 2.75) is 43.9 Å². The average molecular weight is 439 g/mol. The van der Waals surface area contributed by atoms with Crippen LogP contribution in [0.15, 0.2) is 36.4 Å². The van der Waals surface area contributed by atoms with Gasteiger partial charge in [0.25, 0.3) is 0 Å². The van der Waals surface area contributed by atoms with Crippen LogP contribution in [-0.4, -0.2) is 60.7 Å². The van der Waals surface area contributed by atoms with Crippen LogP contribution in [0.5, 0.6) is 23.0 Å². The molecule has 2 aromatic carbocycles. The van der Waals surface area contributed by atoms with Crippen LogP contribution >= 0.6 is 0 Å². The predicted molar refractivity (Wildman–Crippen MR) is 118 cm³/mol. The molecule has 0 atom stereocenters. The second-order valence-corrected chi connectivity index (χ2v) is 9.29. The first-order valence-electron chi connectivity index (χ1n) is 11.6. The van der Waals surface area contributed by atoms with E-state index in [4.69, 9.17) is 18.9 Å². The van der Waals surface area contributed by atoms with E-state index in [1.807, 2.05) is 30.3 Å². The van der Waals surface area contributed by atoms with Gasteiger partial charge in [0.2, 0.25) is 13.6 Å². The van der Waals surface area contributed by atoms with Gasteiger partial charge in [-0.25, -0.2) is 0 Å². The molecule has 1 saturated carbocycles. The highest BCUT2D eigenvalue weighted by Crippen LogP contribution is 2.43. The lowest BCUT2D eigenvalue weighted by Crippen LogP contribution is -2.51. The lowest BCUT2D eigenvalue weighted by molar-refractivity contribution is -0.0321. The highest BCUT2D eigenvalue weighted by Gasteiger charge is 2.38. The van der Waals surface area contributed by atoms with Crippen molar-refractivity contribution in [3.8, 4) is 23.0 Å². The number of rotatable bonds is 4. The van der Waals surface area contributed by atoms with Gasteiger partial charge in [0, 0.05) is 44.3 Å². The number of fused-ring (bicyclic) bond motifs is 2. The average Bonchev–Trinajstić information content (AvgIpc) is 3.50. The largest absolute Gasteiger partial charge is 0.454 e. The normalized spacial score (nSPS) is 27.6. The van der Waals surface area contributed by atoms with Crippen LogP contribution in [0.25, 0.3) is 0 Å². The third kappa shape index (κ3) is 3.68. The summed E-state index contributed by atoms with van der Waals surface area (Å²) in [6.45, 7) is 5.72. The van der Waals surface area contributed by atoms with E-state index in [9.17, 15) is 5.11 Å². The zero-order valence-electron chi connectivity index (χ0n) is 18.3. The van der Waals surface area contributed by atoms with Gasteiger partial charge in [-0.2, -0.15) is 0 Å². The van der Waals surface area contributed by atoms with Crippen LogP contribution in [-0.2, 0) is 12.1 Å². The molecule has 32 heavy (non-hydrogen) atoms. The van der Waals surface area contributed by atoms with E-state index in [1.54, 1.807) is 0 Å². The summed E-state index contributed by atoms with van der Waals surface area (Å²) in [5.41, 5.74) is 1.39. The van der Waals surface area contributed by atoms with Crippen LogP contribution in [0, 0.1) is 0 Å². The van der Waals surface area contributed by atoms with E-state index < -0.39 is 5.60 Å². The molecule has 3 aliphatic heterocycles. The molecule has 6 rings (SSSR count). The monoisotopic (exact) mass is 438 g/mol. The first kappa shape index (κ1) is 20.1. The summed E-state index contributed by atoms with van der Waals surface area (Å²) in [6, 6.07) is 12.6. The third-order valence-electron chi connectivity index (χ3n) is 7.49. The molecule has 1 N–H and O–H groups in total. The molecular weight excluding hydrogens is 408 g/mol. The second-order valence-electron chi connectivity index (χ2n) is 9.29. The Hall–Kier alpha value is -2.48. The number of nitrogens with zero attached hydrogens (tertiary/aromatic N) is 2. The third-order valence-corrected chi connectivity index (χ3v) is 7.49. The number of benzene rings is 2. The highest BCUT2D eigenvalue weighted by atomic mass is 16.7. The standard InChI is InChI=1S/C25H30N2O5/c28-25(19-4-5-21-23(14-19)31-16-29-21)8-6-20(7-9-25)27-12-10-26(11-13-27)15-18-2-1-3-22-24(18)32-17-30-22/h1-5,14,20,28H,6-13,15-17H2. The predicted octanol–water partition coefficient (Wildman–Crippen LogP) is 3.09. The Labute approximate surface area is 188 Å². The van der Waals surface area contributed by atoms with Crippen LogP contribution < -0.4 is 18.9 Å². The fourth-order valence-electron chi connectivity index (χ4n) is 5.56. The van der Waals surface area contributed by atoms with Gasteiger partial charge >= 0.3 is 0 Å². The van der Waals surface area contributed by atoms with E-state index in [0.717, 1.165) is 87.0 Å². The van der Waals surface area contributed by atoms with Gasteiger partial charge in [0.1, 0.15) is 0 Å². The summed E-state index contributed by atoms with van der Waals surface area (Å²) in [7, 11) is 0. The van der Waals surface area contributed by atoms with E-state index >= 15 is 0 Å². The van der Waals surface area contributed by atoms with Crippen molar-refractivity contribution in [2.75, 3.05) is 39.8 Å². The number of ether oxygens (including phenoxy) is 4. The Morgan fingerprint density at radius 3 is 2.44 bits per heavy atom. The minimum atomic E-state index is -0.769.